The Morgan fingerprint density at radius 2 is 1.68 bits per heavy atom. The molecule has 3 aliphatic rings. The zero-order chi connectivity index (χ0) is 32.8. The van der Waals surface area contributed by atoms with E-state index in [2.05, 4.69) is 52.3 Å². The van der Waals surface area contributed by atoms with Gasteiger partial charge >= 0.3 is 6.18 Å². The molecule has 3 heterocycles. The first-order chi connectivity index (χ1) is 22.6. The fourth-order valence-electron chi connectivity index (χ4n) is 7.02. The van der Waals surface area contributed by atoms with Crippen molar-refractivity contribution in [3.63, 3.8) is 0 Å². The number of H-pyrrole nitrogens is 1. The minimum absolute atomic E-state index is 0.0803. The van der Waals surface area contributed by atoms with Crippen molar-refractivity contribution in [1.29, 1.82) is 0 Å². The first kappa shape index (κ1) is 31.3. The van der Waals surface area contributed by atoms with Gasteiger partial charge in [-0.1, -0.05) is 60.7 Å². The number of likely N-dealkylation sites (tertiary alicyclic amines) is 1. The van der Waals surface area contributed by atoms with E-state index < -0.39 is 29.2 Å². The summed E-state index contributed by atoms with van der Waals surface area (Å²) in [4.78, 5) is 38.6. The number of carbonyl (C=O) groups excluding carboxylic acids is 1. The van der Waals surface area contributed by atoms with Gasteiger partial charge in [0.05, 0.1) is 28.8 Å². The standard InChI is InChI=1S/C37H37F3N4O3/c38-37(39,40)29-9-4-7-27(21-29)32(45)34(47)44-19-5-10-31-30(23-44)33(46)42-35(41-31)36(15-16-36)28-8-3-6-26(20-28)25-13-11-24(12-14-25)22-43-17-1-2-18-43/h3-4,6-9,11-14,20-21,32,45H,1-2,5,10,15-19,22-23H2,(H,41,42,46)/t32-/m1/s1. The molecule has 10 heteroatoms. The maximum absolute atomic E-state index is 13.5. The van der Waals surface area contributed by atoms with E-state index in [0.717, 1.165) is 67.4 Å². The van der Waals surface area contributed by atoms with Crippen LogP contribution in [0, 0.1) is 0 Å². The number of aliphatic hydroxyl groups excluding tert-OH is 1. The molecule has 244 valence electrons. The van der Waals surface area contributed by atoms with Crippen LogP contribution in [0.25, 0.3) is 11.1 Å². The van der Waals surface area contributed by atoms with Gasteiger partial charge in [0.25, 0.3) is 11.5 Å². The maximum Gasteiger partial charge on any atom is 0.416 e. The Morgan fingerprint density at radius 1 is 0.936 bits per heavy atom. The van der Waals surface area contributed by atoms with Crippen LogP contribution >= 0.6 is 0 Å². The van der Waals surface area contributed by atoms with Crippen LogP contribution in [0.2, 0.25) is 0 Å². The van der Waals surface area contributed by atoms with E-state index in [-0.39, 0.29) is 24.2 Å². The minimum atomic E-state index is -4.60. The number of nitrogens with zero attached hydrogens (tertiary/aromatic N) is 3. The van der Waals surface area contributed by atoms with Crippen LogP contribution in [0.15, 0.2) is 77.6 Å². The lowest BCUT2D eigenvalue weighted by molar-refractivity contribution is -0.142. The second kappa shape index (κ2) is 12.4. The van der Waals surface area contributed by atoms with Crippen LogP contribution in [-0.2, 0) is 35.9 Å². The molecular weight excluding hydrogens is 605 g/mol. The number of hydrogen-bond donors (Lipinski definition) is 2. The zero-order valence-electron chi connectivity index (χ0n) is 26.0. The molecule has 1 aliphatic carbocycles. The third kappa shape index (κ3) is 6.36. The van der Waals surface area contributed by atoms with Crippen LogP contribution in [0.3, 0.4) is 0 Å². The molecule has 7 rings (SSSR count). The molecular formula is C37H37F3N4O3. The van der Waals surface area contributed by atoms with Gasteiger partial charge in [0.2, 0.25) is 0 Å². The lowest BCUT2D eigenvalue weighted by Crippen LogP contribution is -2.36. The first-order valence-corrected chi connectivity index (χ1v) is 16.3. The van der Waals surface area contributed by atoms with Gasteiger partial charge in [0, 0.05) is 13.1 Å². The molecule has 0 spiro atoms. The fraction of sp³-hybridized carbons (Fsp3) is 0.378. The third-order valence-corrected chi connectivity index (χ3v) is 9.88. The zero-order valence-corrected chi connectivity index (χ0v) is 26.0. The summed E-state index contributed by atoms with van der Waals surface area (Å²) in [5.41, 5.74) is 3.76. The molecule has 2 aliphatic heterocycles. The van der Waals surface area contributed by atoms with Gasteiger partial charge < -0.3 is 15.0 Å². The Bertz CT molecular complexity index is 1840. The van der Waals surface area contributed by atoms with Gasteiger partial charge in [0.1, 0.15) is 5.82 Å². The van der Waals surface area contributed by atoms with Gasteiger partial charge in [-0.2, -0.15) is 13.2 Å². The van der Waals surface area contributed by atoms with Gasteiger partial charge in [-0.15, -0.1) is 0 Å². The maximum atomic E-state index is 13.5. The summed E-state index contributed by atoms with van der Waals surface area (Å²) in [7, 11) is 0. The summed E-state index contributed by atoms with van der Waals surface area (Å²) >= 11 is 0. The number of aromatic amines is 1. The molecule has 4 aromatic rings. The molecule has 0 bridgehead atoms. The SMILES string of the molecule is O=C([C@H](O)c1cccc(C(F)(F)F)c1)N1CCCc2nc(C3(c4cccc(-c5ccc(CN6CCCC6)cc5)c4)CC3)[nH]c(=O)c2C1. The van der Waals surface area contributed by atoms with E-state index in [1.54, 1.807) is 0 Å². The largest absolute Gasteiger partial charge is 0.416 e. The van der Waals surface area contributed by atoms with Crippen molar-refractivity contribution < 1.29 is 23.1 Å². The molecule has 0 radical (unpaired) electrons. The van der Waals surface area contributed by atoms with Gasteiger partial charge in [0.15, 0.2) is 6.10 Å². The average Bonchev–Trinajstić information content (AvgIpc) is 3.79. The number of aryl methyl sites for hydroxylation is 1. The van der Waals surface area contributed by atoms with Crippen molar-refractivity contribution >= 4 is 5.91 Å². The number of halogens is 3. The molecule has 1 atom stereocenters. The van der Waals surface area contributed by atoms with Crippen molar-refractivity contribution in [3.05, 3.63) is 122 Å². The van der Waals surface area contributed by atoms with Crippen LogP contribution in [0.1, 0.15) is 77.5 Å². The molecule has 3 aromatic carbocycles. The predicted molar refractivity (Wildman–Crippen MR) is 171 cm³/mol. The highest BCUT2D eigenvalue weighted by molar-refractivity contribution is 5.82. The highest BCUT2D eigenvalue weighted by Crippen LogP contribution is 2.52. The summed E-state index contributed by atoms with van der Waals surface area (Å²) < 4.78 is 39.7. The topological polar surface area (TPSA) is 89.5 Å². The fourth-order valence-corrected chi connectivity index (χ4v) is 7.02. The molecule has 2 fully saturated rings. The minimum Gasteiger partial charge on any atom is -0.378 e. The van der Waals surface area contributed by atoms with Gasteiger partial charge in [-0.25, -0.2) is 4.98 Å². The highest BCUT2D eigenvalue weighted by atomic mass is 19.4. The molecule has 7 nitrogen and oxygen atoms in total. The third-order valence-electron chi connectivity index (χ3n) is 9.88. The molecule has 1 saturated heterocycles. The quantitative estimate of drug-likeness (QED) is 0.253. The van der Waals surface area contributed by atoms with Crippen molar-refractivity contribution in [1.82, 2.24) is 19.8 Å². The summed E-state index contributed by atoms with van der Waals surface area (Å²) in [6.45, 7) is 3.46. The number of aliphatic hydroxyl groups is 1. The Labute approximate surface area is 271 Å². The summed E-state index contributed by atoms with van der Waals surface area (Å²) in [6, 6.07) is 21.3. The monoisotopic (exact) mass is 642 g/mol. The molecule has 1 amide bonds. The van der Waals surface area contributed by atoms with Crippen molar-refractivity contribution in [3.8, 4) is 11.1 Å². The lowest BCUT2D eigenvalue weighted by Gasteiger charge is -2.24. The van der Waals surface area contributed by atoms with Crippen LogP contribution in [0.5, 0.6) is 0 Å². The summed E-state index contributed by atoms with van der Waals surface area (Å²) in [5, 5.41) is 10.7. The van der Waals surface area contributed by atoms with E-state index in [1.807, 2.05) is 6.07 Å². The van der Waals surface area contributed by atoms with Crippen LogP contribution in [0.4, 0.5) is 13.2 Å². The Morgan fingerprint density at radius 3 is 2.40 bits per heavy atom. The van der Waals surface area contributed by atoms with Crippen molar-refractivity contribution in [2.75, 3.05) is 19.6 Å². The Balaban J connectivity index is 1.10. The molecule has 0 unspecified atom stereocenters. The predicted octanol–water partition coefficient (Wildman–Crippen LogP) is 6.14. The van der Waals surface area contributed by atoms with E-state index in [1.165, 1.54) is 29.4 Å². The van der Waals surface area contributed by atoms with E-state index in [9.17, 15) is 27.9 Å². The van der Waals surface area contributed by atoms with E-state index in [0.29, 0.717) is 29.9 Å². The number of aromatic nitrogens is 2. The van der Waals surface area contributed by atoms with Crippen LogP contribution in [-0.4, -0.2) is 50.4 Å². The number of alkyl halides is 3. The van der Waals surface area contributed by atoms with Crippen LogP contribution < -0.4 is 5.56 Å². The smallest absolute Gasteiger partial charge is 0.378 e. The normalized spacial score (nSPS) is 18.4. The molecule has 2 N–H and O–H groups in total. The second-order valence-electron chi connectivity index (χ2n) is 13.1. The number of rotatable bonds is 7. The number of hydrogen-bond acceptors (Lipinski definition) is 5. The number of benzene rings is 3. The highest BCUT2D eigenvalue weighted by Gasteiger charge is 2.49. The number of amides is 1. The second-order valence-corrected chi connectivity index (χ2v) is 13.1. The van der Waals surface area contributed by atoms with Crippen molar-refractivity contribution in [2.45, 2.75) is 69.3 Å². The number of carbonyl (C=O) groups is 1. The molecule has 1 saturated carbocycles. The number of nitrogens with one attached hydrogen (secondary N) is 1. The van der Waals surface area contributed by atoms with Gasteiger partial charge in [-0.3, -0.25) is 14.5 Å². The lowest BCUT2D eigenvalue weighted by atomic mass is 9.91. The van der Waals surface area contributed by atoms with E-state index in [4.69, 9.17) is 4.98 Å². The Hall–Kier alpha value is -4.28. The molecule has 47 heavy (non-hydrogen) atoms. The summed E-state index contributed by atoms with van der Waals surface area (Å²) in [6.07, 6.45) is -1.18. The number of fused-ring (bicyclic) bond motifs is 1. The van der Waals surface area contributed by atoms with Crippen molar-refractivity contribution in [2.24, 2.45) is 0 Å². The summed E-state index contributed by atoms with van der Waals surface area (Å²) in [5.74, 6) is -0.136. The average molecular weight is 643 g/mol. The first-order valence-electron chi connectivity index (χ1n) is 16.3. The van der Waals surface area contributed by atoms with Gasteiger partial charge in [-0.05, 0) is 91.6 Å². The molecule has 1 aromatic heterocycles. The van der Waals surface area contributed by atoms with E-state index >= 15 is 0 Å². The Kier molecular flexibility index (Phi) is 8.26.